The SMILES string of the molecule is COc1cccc(F)c1CN1CC(C)CC(C)C1. The van der Waals surface area contributed by atoms with E-state index in [1.807, 2.05) is 6.07 Å². The first-order valence-electron chi connectivity index (χ1n) is 6.64. The first-order valence-corrected chi connectivity index (χ1v) is 6.64. The smallest absolute Gasteiger partial charge is 0.131 e. The van der Waals surface area contributed by atoms with Crippen LogP contribution >= 0.6 is 0 Å². The molecule has 18 heavy (non-hydrogen) atoms. The Kier molecular flexibility index (Phi) is 4.23. The van der Waals surface area contributed by atoms with Crippen molar-refractivity contribution in [2.24, 2.45) is 11.8 Å². The zero-order valence-electron chi connectivity index (χ0n) is 11.4. The van der Waals surface area contributed by atoms with E-state index in [1.54, 1.807) is 13.2 Å². The average Bonchev–Trinajstić information content (AvgIpc) is 2.30. The van der Waals surface area contributed by atoms with Crippen LogP contribution in [0.2, 0.25) is 0 Å². The summed E-state index contributed by atoms with van der Waals surface area (Å²) in [4.78, 5) is 2.33. The van der Waals surface area contributed by atoms with E-state index in [2.05, 4.69) is 18.7 Å². The van der Waals surface area contributed by atoms with Crippen LogP contribution in [0.3, 0.4) is 0 Å². The lowest BCUT2D eigenvalue weighted by Gasteiger charge is -2.35. The lowest BCUT2D eigenvalue weighted by atomic mass is 9.91. The van der Waals surface area contributed by atoms with E-state index in [-0.39, 0.29) is 5.82 Å². The predicted octanol–water partition coefficient (Wildman–Crippen LogP) is 3.31. The van der Waals surface area contributed by atoms with Gasteiger partial charge in [-0.05, 0) is 30.4 Å². The molecular weight excluding hydrogens is 229 g/mol. The third-order valence-corrected chi connectivity index (χ3v) is 3.62. The molecule has 2 atom stereocenters. The van der Waals surface area contributed by atoms with Crippen molar-refractivity contribution in [3.05, 3.63) is 29.6 Å². The molecule has 0 N–H and O–H groups in total. The summed E-state index contributed by atoms with van der Waals surface area (Å²) in [6.45, 7) is 7.26. The molecule has 1 fully saturated rings. The fraction of sp³-hybridized carbons (Fsp3) is 0.600. The van der Waals surface area contributed by atoms with Crippen molar-refractivity contribution in [1.29, 1.82) is 0 Å². The summed E-state index contributed by atoms with van der Waals surface area (Å²) in [5.74, 6) is 1.86. The van der Waals surface area contributed by atoms with E-state index in [1.165, 1.54) is 12.5 Å². The lowest BCUT2D eigenvalue weighted by molar-refractivity contribution is 0.132. The third-order valence-electron chi connectivity index (χ3n) is 3.62. The highest BCUT2D eigenvalue weighted by Crippen LogP contribution is 2.27. The van der Waals surface area contributed by atoms with E-state index in [9.17, 15) is 4.39 Å². The fourth-order valence-electron chi connectivity index (χ4n) is 3.03. The van der Waals surface area contributed by atoms with Crippen molar-refractivity contribution in [2.75, 3.05) is 20.2 Å². The molecule has 1 aromatic rings. The monoisotopic (exact) mass is 251 g/mol. The Morgan fingerprint density at radius 2 is 1.94 bits per heavy atom. The molecule has 0 aliphatic carbocycles. The zero-order chi connectivity index (χ0) is 13.1. The highest BCUT2D eigenvalue weighted by atomic mass is 19.1. The number of likely N-dealkylation sites (tertiary alicyclic amines) is 1. The topological polar surface area (TPSA) is 12.5 Å². The largest absolute Gasteiger partial charge is 0.496 e. The maximum Gasteiger partial charge on any atom is 0.131 e. The molecule has 0 radical (unpaired) electrons. The fourth-order valence-corrected chi connectivity index (χ4v) is 3.03. The Morgan fingerprint density at radius 3 is 2.56 bits per heavy atom. The minimum absolute atomic E-state index is 0.166. The van der Waals surface area contributed by atoms with E-state index in [0.717, 1.165) is 13.1 Å². The summed E-state index contributed by atoms with van der Waals surface area (Å²) in [5.41, 5.74) is 0.682. The van der Waals surface area contributed by atoms with Crippen LogP contribution in [0.25, 0.3) is 0 Å². The Balaban J connectivity index is 2.13. The number of hydrogen-bond acceptors (Lipinski definition) is 2. The van der Waals surface area contributed by atoms with Gasteiger partial charge in [-0.3, -0.25) is 4.90 Å². The third kappa shape index (κ3) is 3.02. The van der Waals surface area contributed by atoms with Gasteiger partial charge in [-0.1, -0.05) is 19.9 Å². The first kappa shape index (κ1) is 13.3. The second-order valence-electron chi connectivity index (χ2n) is 5.56. The minimum atomic E-state index is -0.166. The molecule has 0 aromatic heterocycles. The number of methoxy groups -OCH3 is 1. The standard InChI is InChI=1S/C15H22FNO/c1-11-7-12(2)9-17(8-11)10-13-14(16)5-4-6-15(13)18-3/h4-6,11-12H,7-10H2,1-3H3. The number of halogens is 1. The molecule has 0 bridgehead atoms. The van der Waals surface area contributed by atoms with Gasteiger partial charge in [-0.15, -0.1) is 0 Å². The van der Waals surface area contributed by atoms with Gasteiger partial charge < -0.3 is 4.74 Å². The molecule has 1 aromatic carbocycles. The summed E-state index contributed by atoms with van der Waals surface area (Å²) >= 11 is 0. The number of ether oxygens (including phenoxy) is 1. The first-order chi connectivity index (χ1) is 8.60. The second-order valence-corrected chi connectivity index (χ2v) is 5.56. The van der Waals surface area contributed by atoms with Gasteiger partial charge in [0.1, 0.15) is 11.6 Å². The van der Waals surface area contributed by atoms with E-state index in [4.69, 9.17) is 4.74 Å². The van der Waals surface area contributed by atoms with E-state index < -0.39 is 0 Å². The van der Waals surface area contributed by atoms with Gasteiger partial charge in [0.15, 0.2) is 0 Å². The number of piperidine rings is 1. The van der Waals surface area contributed by atoms with Crippen LogP contribution in [0, 0.1) is 17.7 Å². The van der Waals surface area contributed by atoms with Crippen molar-refractivity contribution in [3.8, 4) is 5.75 Å². The average molecular weight is 251 g/mol. The molecule has 1 aliphatic heterocycles. The highest BCUT2D eigenvalue weighted by Gasteiger charge is 2.23. The van der Waals surface area contributed by atoms with Crippen molar-refractivity contribution < 1.29 is 9.13 Å². The Labute approximate surface area is 109 Å². The number of benzene rings is 1. The Hall–Kier alpha value is -1.09. The molecular formula is C15H22FNO. The number of nitrogens with zero attached hydrogens (tertiary/aromatic N) is 1. The van der Waals surface area contributed by atoms with Crippen molar-refractivity contribution in [3.63, 3.8) is 0 Å². The van der Waals surface area contributed by atoms with Gasteiger partial charge in [0, 0.05) is 25.2 Å². The lowest BCUT2D eigenvalue weighted by Crippen LogP contribution is -2.38. The molecule has 100 valence electrons. The summed E-state index contributed by atoms with van der Waals surface area (Å²) in [6, 6.07) is 5.03. The maximum absolute atomic E-state index is 13.9. The van der Waals surface area contributed by atoms with Crippen LogP contribution in [-0.2, 0) is 6.54 Å². The van der Waals surface area contributed by atoms with Gasteiger partial charge in [0.25, 0.3) is 0 Å². The molecule has 0 amide bonds. The van der Waals surface area contributed by atoms with Crippen molar-refractivity contribution in [2.45, 2.75) is 26.8 Å². The number of hydrogen-bond donors (Lipinski definition) is 0. The summed E-state index contributed by atoms with van der Waals surface area (Å²) in [5, 5.41) is 0. The van der Waals surface area contributed by atoms with Gasteiger partial charge >= 0.3 is 0 Å². The quantitative estimate of drug-likeness (QED) is 0.817. The van der Waals surface area contributed by atoms with Gasteiger partial charge in [-0.25, -0.2) is 4.39 Å². The van der Waals surface area contributed by atoms with Crippen LogP contribution in [0.1, 0.15) is 25.8 Å². The molecule has 1 aliphatic rings. The van der Waals surface area contributed by atoms with Crippen molar-refractivity contribution in [1.82, 2.24) is 4.90 Å². The highest BCUT2D eigenvalue weighted by molar-refractivity contribution is 5.34. The number of rotatable bonds is 3. The van der Waals surface area contributed by atoms with Gasteiger partial charge in [0.05, 0.1) is 7.11 Å². The molecule has 3 heteroatoms. The molecule has 2 rings (SSSR count). The molecule has 1 heterocycles. The van der Waals surface area contributed by atoms with Gasteiger partial charge in [-0.2, -0.15) is 0 Å². The molecule has 2 unspecified atom stereocenters. The van der Waals surface area contributed by atoms with Crippen LogP contribution in [0.15, 0.2) is 18.2 Å². The van der Waals surface area contributed by atoms with Crippen LogP contribution in [-0.4, -0.2) is 25.1 Å². The molecule has 2 nitrogen and oxygen atoms in total. The molecule has 1 saturated heterocycles. The molecule has 0 spiro atoms. The minimum Gasteiger partial charge on any atom is -0.496 e. The van der Waals surface area contributed by atoms with Crippen molar-refractivity contribution >= 4 is 0 Å². The normalized spacial score (nSPS) is 25.1. The predicted molar refractivity (Wildman–Crippen MR) is 71.2 cm³/mol. The Morgan fingerprint density at radius 1 is 1.28 bits per heavy atom. The zero-order valence-corrected chi connectivity index (χ0v) is 11.4. The summed E-state index contributed by atoms with van der Waals surface area (Å²) in [7, 11) is 1.60. The van der Waals surface area contributed by atoms with Crippen LogP contribution < -0.4 is 4.74 Å². The summed E-state index contributed by atoms with van der Waals surface area (Å²) in [6.07, 6.45) is 1.27. The van der Waals surface area contributed by atoms with Crippen LogP contribution in [0.4, 0.5) is 4.39 Å². The summed E-state index contributed by atoms with van der Waals surface area (Å²) < 4.78 is 19.1. The second kappa shape index (κ2) is 5.70. The van der Waals surface area contributed by atoms with E-state index in [0.29, 0.717) is 29.7 Å². The van der Waals surface area contributed by atoms with Crippen LogP contribution in [0.5, 0.6) is 5.75 Å². The Bertz CT molecular complexity index is 397. The van der Waals surface area contributed by atoms with E-state index >= 15 is 0 Å². The maximum atomic E-state index is 13.9. The van der Waals surface area contributed by atoms with Gasteiger partial charge in [0.2, 0.25) is 0 Å². The molecule has 0 saturated carbocycles.